The molecule has 0 N–H and O–H groups in total. The zero-order valence-corrected chi connectivity index (χ0v) is 12.0. The Morgan fingerprint density at radius 2 is 2.00 bits per heavy atom. The fourth-order valence-corrected chi connectivity index (χ4v) is 3.81. The van der Waals surface area contributed by atoms with Crippen molar-refractivity contribution >= 4 is 11.8 Å². The Kier molecular flexibility index (Phi) is 3.06. The summed E-state index contributed by atoms with van der Waals surface area (Å²) in [5.74, 6) is 0.362. The molecule has 0 aromatic rings. The van der Waals surface area contributed by atoms with Crippen LogP contribution in [0, 0.1) is 5.41 Å². The van der Waals surface area contributed by atoms with Gasteiger partial charge in [0.25, 0.3) is 0 Å². The fourth-order valence-electron chi connectivity index (χ4n) is 3.81. The van der Waals surface area contributed by atoms with Crippen LogP contribution in [0.1, 0.15) is 52.4 Å². The number of carbonyl (C=O) groups is 2. The van der Waals surface area contributed by atoms with Gasteiger partial charge in [-0.25, -0.2) is 0 Å². The third-order valence-corrected chi connectivity index (χ3v) is 5.17. The maximum atomic E-state index is 12.6. The molecule has 2 atom stereocenters. The molecule has 2 aliphatic heterocycles. The number of piperazine rings is 1. The first kappa shape index (κ1) is 12.9. The minimum Gasteiger partial charge on any atom is -0.329 e. The van der Waals surface area contributed by atoms with Crippen LogP contribution in [0.25, 0.3) is 0 Å². The van der Waals surface area contributed by atoms with Crippen LogP contribution in [0.4, 0.5) is 0 Å². The van der Waals surface area contributed by atoms with Crippen molar-refractivity contribution in [3.8, 4) is 0 Å². The van der Waals surface area contributed by atoms with E-state index in [1.54, 1.807) is 0 Å². The van der Waals surface area contributed by atoms with Gasteiger partial charge in [0, 0.05) is 13.1 Å². The number of fused-ring (bicyclic) bond motifs is 1. The Bertz CT molecular complexity index is 403. The molecule has 0 radical (unpaired) electrons. The monoisotopic (exact) mass is 264 g/mol. The first-order valence-corrected chi connectivity index (χ1v) is 7.69. The van der Waals surface area contributed by atoms with E-state index in [1.165, 1.54) is 25.7 Å². The van der Waals surface area contributed by atoms with Crippen molar-refractivity contribution < 1.29 is 9.59 Å². The van der Waals surface area contributed by atoms with E-state index in [0.29, 0.717) is 5.41 Å². The molecule has 106 valence electrons. The topological polar surface area (TPSA) is 40.6 Å². The molecule has 3 fully saturated rings. The van der Waals surface area contributed by atoms with E-state index in [-0.39, 0.29) is 23.9 Å². The van der Waals surface area contributed by atoms with Gasteiger partial charge in [-0.05, 0) is 44.4 Å². The van der Waals surface area contributed by atoms with Crippen molar-refractivity contribution in [3.63, 3.8) is 0 Å². The van der Waals surface area contributed by atoms with Crippen molar-refractivity contribution in [2.75, 3.05) is 13.1 Å². The van der Waals surface area contributed by atoms with E-state index >= 15 is 0 Å². The Morgan fingerprint density at radius 3 is 2.63 bits per heavy atom. The van der Waals surface area contributed by atoms with Crippen molar-refractivity contribution in [1.29, 1.82) is 0 Å². The van der Waals surface area contributed by atoms with Gasteiger partial charge in [-0.3, -0.25) is 9.59 Å². The third kappa shape index (κ3) is 2.05. The summed E-state index contributed by atoms with van der Waals surface area (Å²) in [5, 5.41) is 0. The standard InChI is InChI=1S/C15H24N2O2/c1-3-6-15(7-8-15)10-17-11(2)13(18)16-9-4-5-12(16)14(17)19/h11-12H,3-10H2,1-2H3. The molecule has 3 rings (SSSR count). The molecule has 0 bridgehead atoms. The van der Waals surface area contributed by atoms with E-state index in [1.807, 2.05) is 16.7 Å². The molecule has 1 aliphatic carbocycles. The van der Waals surface area contributed by atoms with Crippen molar-refractivity contribution in [2.24, 2.45) is 5.41 Å². The average molecular weight is 264 g/mol. The third-order valence-electron chi connectivity index (χ3n) is 5.17. The minimum absolute atomic E-state index is 0.152. The predicted molar refractivity (Wildman–Crippen MR) is 72.5 cm³/mol. The lowest BCUT2D eigenvalue weighted by atomic mass is 9.97. The van der Waals surface area contributed by atoms with Gasteiger partial charge in [-0.1, -0.05) is 13.3 Å². The highest BCUT2D eigenvalue weighted by molar-refractivity contribution is 5.97. The second-order valence-corrected chi connectivity index (χ2v) is 6.58. The highest BCUT2D eigenvalue weighted by Gasteiger charge is 2.50. The summed E-state index contributed by atoms with van der Waals surface area (Å²) in [5.41, 5.74) is 0.333. The summed E-state index contributed by atoms with van der Waals surface area (Å²) in [4.78, 5) is 28.7. The summed E-state index contributed by atoms with van der Waals surface area (Å²) < 4.78 is 0. The van der Waals surface area contributed by atoms with Crippen molar-refractivity contribution in [1.82, 2.24) is 9.80 Å². The van der Waals surface area contributed by atoms with Crippen LogP contribution >= 0.6 is 0 Å². The largest absolute Gasteiger partial charge is 0.329 e. The predicted octanol–water partition coefficient (Wildman–Crippen LogP) is 1.79. The van der Waals surface area contributed by atoms with E-state index < -0.39 is 0 Å². The normalized spacial score (nSPS) is 32.7. The molecule has 19 heavy (non-hydrogen) atoms. The van der Waals surface area contributed by atoms with E-state index in [2.05, 4.69) is 6.92 Å². The van der Waals surface area contributed by atoms with Gasteiger partial charge in [-0.2, -0.15) is 0 Å². The smallest absolute Gasteiger partial charge is 0.246 e. The number of carbonyl (C=O) groups excluding carboxylic acids is 2. The lowest BCUT2D eigenvalue weighted by Gasteiger charge is -2.42. The van der Waals surface area contributed by atoms with E-state index in [9.17, 15) is 9.59 Å². The Morgan fingerprint density at radius 1 is 1.26 bits per heavy atom. The Labute approximate surface area is 115 Å². The first-order chi connectivity index (χ1) is 9.08. The van der Waals surface area contributed by atoms with Crippen LogP contribution in [0.2, 0.25) is 0 Å². The Balaban J connectivity index is 1.77. The molecule has 0 aromatic heterocycles. The summed E-state index contributed by atoms with van der Waals surface area (Å²) in [6.07, 6.45) is 6.63. The Hall–Kier alpha value is -1.06. The van der Waals surface area contributed by atoms with Gasteiger partial charge < -0.3 is 9.80 Å². The molecule has 3 aliphatic rings. The molecule has 4 heteroatoms. The van der Waals surface area contributed by atoms with Gasteiger partial charge in [0.2, 0.25) is 11.8 Å². The maximum Gasteiger partial charge on any atom is 0.246 e. The molecule has 0 aromatic carbocycles. The van der Waals surface area contributed by atoms with Crippen LogP contribution in [0.3, 0.4) is 0 Å². The summed E-state index contributed by atoms with van der Waals surface area (Å²) >= 11 is 0. The van der Waals surface area contributed by atoms with Gasteiger partial charge in [0.1, 0.15) is 12.1 Å². The zero-order valence-electron chi connectivity index (χ0n) is 12.0. The summed E-state index contributed by atoms with van der Waals surface area (Å²) in [6.45, 7) is 5.67. The summed E-state index contributed by atoms with van der Waals surface area (Å²) in [7, 11) is 0. The maximum absolute atomic E-state index is 12.6. The van der Waals surface area contributed by atoms with Crippen LogP contribution in [0.5, 0.6) is 0 Å². The fraction of sp³-hybridized carbons (Fsp3) is 0.867. The highest BCUT2D eigenvalue weighted by Crippen LogP contribution is 2.50. The molecule has 2 unspecified atom stereocenters. The van der Waals surface area contributed by atoms with Crippen LogP contribution < -0.4 is 0 Å². The molecule has 2 saturated heterocycles. The number of nitrogens with zero attached hydrogens (tertiary/aromatic N) is 2. The zero-order chi connectivity index (χ0) is 13.6. The number of hydrogen-bond acceptors (Lipinski definition) is 2. The molecule has 2 heterocycles. The SMILES string of the molecule is CCCC1(CN2C(=O)C3CCCN3C(=O)C2C)CC1. The quantitative estimate of drug-likeness (QED) is 0.776. The number of amides is 2. The minimum atomic E-state index is -0.254. The van der Waals surface area contributed by atoms with E-state index in [0.717, 1.165) is 25.9 Å². The van der Waals surface area contributed by atoms with Crippen molar-refractivity contribution in [3.05, 3.63) is 0 Å². The molecular formula is C15H24N2O2. The lowest BCUT2D eigenvalue weighted by Crippen LogP contribution is -2.62. The van der Waals surface area contributed by atoms with Gasteiger partial charge in [0.15, 0.2) is 0 Å². The lowest BCUT2D eigenvalue weighted by molar-refractivity contribution is -0.159. The van der Waals surface area contributed by atoms with E-state index in [4.69, 9.17) is 0 Å². The van der Waals surface area contributed by atoms with Crippen LogP contribution in [-0.4, -0.2) is 46.8 Å². The highest BCUT2D eigenvalue weighted by atomic mass is 16.2. The molecule has 0 spiro atoms. The second-order valence-electron chi connectivity index (χ2n) is 6.58. The average Bonchev–Trinajstić information content (AvgIpc) is 2.97. The van der Waals surface area contributed by atoms with Crippen LogP contribution in [-0.2, 0) is 9.59 Å². The van der Waals surface area contributed by atoms with Crippen molar-refractivity contribution in [2.45, 2.75) is 64.5 Å². The first-order valence-electron chi connectivity index (χ1n) is 7.69. The molecular weight excluding hydrogens is 240 g/mol. The van der Waals surface area contributed by atoms with Gasteiger partial charge in [-0.15, -0.1) is 0 Å². The number of rotatable bonds is 4. The second kappa shape index (κ2) is 4.50. The molecule has 2 amide bonds. The van der Waals surface area contributed by atoms with Crippen LogP contribution in [0.15, 0.2) is 0 Å². The summed E-state index contributed by atoms with van der Waals surface area (Å²) in [6, 6.07) is -0.405. The van der Waals surface area contributed by atoms with Gasteiger partial charge in [0.05, 0.1) is 0 Å². The molecule has 1 saturated carbocycles. The number of hydrogen-bond donors (Lipinski definition) is 0. The molecule has 4 nitrogen and oxygen atoms in total. The van der Waals surface area contributed by atoms with Gasteiger partial charge >= 0.3 is 0 Å².